The molecule has 0 bridgehead atoms. The van der Waals surface area contributed by atoms with E-state index in [4.69, 9.17) is 16.3 Å². The number of hydrogen-bond donors (Lipinski definition) is 2. The second-order valence-electron chi connectivity index (χ2n) is 9.34. The number of para-hydroxylation sites is 2. The van der Waals surface area contributed by atoms with Gasteiger partial charge in [0.05, 0.1) is 40.3 Å². The molecule has 200 valence electrons. The van der Waals surface area contributed by atoms with Gasteiger partial charge in [-0.3, -0.25) is 14.5 Å². The lowest BCUT2D eigenvalue weighted by molar-refractivity contribution is -0.132. The third-order valence-corrected chi connectivity index (χ3v) is 7.31. The van der Waals surface area contributed by atoms with Crippen LogP contribution in [0.25, 0.3) is 16.8 Å². The molecule has 8 nitrogen and oxygen atoms in total. The molecule has 0 aliphatic carbocycles. The number of benzene rings is 3. The number of aromatic amines is 1. The van der Waals surface area contributed by atoms with E-state index in [0.29, 0.717) is 11.1 Å². The fraction of sp³-hybridized carbons (Fsp3) is 0.233. The second-order valence-corrected chi connectivity index (χ2v) is 9.75. The van der Waals surface area contributed by atoms with E-state index in [1.165, 1.54) is 12.0 Å². The van der Waals surface area contributed by atoms with E-state index >= 15 is 0 Å². The smallest absolute Gasteiger partial charge is 0.302 e. The van der Waals surface area contributed by atoms with Gasteiger partial charge >= 0.3 is 5.91 Å². The Hall–Kier alpha value is -4.30. The number of nitrogens with zero attached hydrogens (tertiary/aromatic N) is 3. The lowest BCUT2D eigenvalue weighted by Crippen LogP contribution is -2.30. The molecule has 39 heavy (non-hydrogen) atoms. The van der Waals surface area contributed by atoms with Gasteiger partial charge < -0.3 is 19.7 Å². The summed E-state index contributed by atoms with van der Waals surface area (Å²) in [6.07, 6.45) is 0. The predicted molar refractivity (Wildman–Crippen MR) is 154 cm³/mol. The Labute approximate surface area is 231 Å². The van der Waals surface area contributed by atoms with E-state index in [9.17, 15) is 14.7 Å². The van der Waals surface area contributed by atoms with Crippen molar-refractivity contribution in [1.29, 1.82) is 0 Å². The molecule has 1 fully saturated rings. The van der Waals surface area contributed by atoms with Gasteiger partial charge in [0.1, 0.15) is 11.5 Å². The van der Waals surface area contributed by atoms with Crippen molar-refractivity contribution < 1.29 is 19.4 Å². The number of H-pyrrole nitrogens is 1. The zero-order valence-electron chi connectivity index (χ0n) is 22.2. The third-order valence-electron chi connectivity index (χ3n) is 7.03. The van der Waals surface area contributed by atoms with Crippen LogP contribution in [0.15, 0.2) is 66.2 Å². The van der Waals surface area contributed by atoms with Crippen molar-refractivity contribution in [3.05, 3.63) is 87.9 Å². The number of nitrogens with one attached hydrogen (secondary N) is 1. The molecule has 1 atom stereocenters. The maximum atomic E-state index is 13.6. The molecule has 9 heteroatoms. The van der Waals surface area contributed by atoms with E-state index in [1.54, 1.807) is 12.1 Å². The number of Topliss-reactive ketones (excluding diaryl/α,β-unsaturated/α-hetero) is 1. The zero-order valence-corrected chi connectivity index (χ0v) is 22.9. The maximum Gasteiger partial charge on any atom is 0.302 e. The van der Waals surface area contributed by atoms with Crippen LogP contribution < -0.4 is 14.5 Å². The van der Waals surface area contributed by atoms with Crippen LogP contribution in [0, 0.1) is 6.92 Å². The number of methoxy groups -OCH3 is 1. The first-order valence-electron chi connectivity index (χ1n) is 12.7. The summed E-state index contributed by atoms with van der Waals surface area (Å²) in [7, 11) is 1.43. The summed E-state index contributed by atoms with van der Waals surface area (Å²) in [5.41, 5.74) is 3.94. The summed E-state index contributed by atoms with van der Waals surface area (Å²) in [6.45, 7) is 7.64. The topological polar surface area (TPSA) is 98.8 Å². The van der Waals surface area contributed by atoms with E-state index in [0.717, 1.165) is 29.9 Å². The molecular weight excluding hydrogens is 516 g/mol. The largest absolute Gasteiger partial charge is 0.507 e. The minimum absolute atomic E-state index is 0.0731. The fourth-order valence-electron chi connectivity index (χ4n) is 5.13. The number of carbonyl (C=O) groups excluding carboxylic acids is 2. The Kier molecular flexibility index (Phi) is 7.06. The van der Waals surface area contributed by atoms with Crippen molar-refractivity contribution in [2.45, 2.75) is 26.8 Å². The van der Waals surface area contributed by atoms with E-state index < -0.39 is 17.7 Å². The molecule has 5 rings (SSSR count). The van der Waals surface area contributed by atoms with Crippen molar-refractivity contribution in [3.8, 4) is 5.75 Å². The van der Waals surface area contributed by atoms with Crippen molar-refractivity contribution in [3.63, 3.8) is 0 Å². The van der Waals surface area contributed by atoms with Crippen LogP contribution >= 0.6 is 11.6 Å². The maximum absolute atomic E-state index is 13.6. The standard InChI is InChI=1S/C30H29ClN4O4/c1-5-34(6-2)19-13-11-18(12-14-19)25-24(26(36)20-15-17(3)16-21(31)28(20)39-4)27(37)29(38)35(25)30-32-22-9-7-8-10-23(22)33-30/h7-16,25,36H,5-6H2,1-4H3,(H,32,33)/b26-24+. The highest BCUT2D eigenvalue weighted by Gasteiger charge is 2.48. The van der Waals surface area contributed by atoms with Crippen LogP contribution in [0.4, 0.5) is 11.6 Å². The summed E-state index contributed by atoms with van der Waals surface area (Å²) in [5, 5.41) is 11.9. The van der Waals surface area contributed by atoms with Crippen LogP contribution in [0.1, 0.15) is 36.6 Å². The van der Waals surface area contributed by atoms with Crippen LogP contribution in [0.2, 0.25) is 5.02 Å². The number of ketones is 1. The minimum Gasteiger partial charge on any atom is -0.507 e. The molecule has 1 aliphatic heterocycles. The molecule has 3 aromatic carbocycles. The number of aliphatic hydroxyl groups is 1. The Morgan fingerprint density at radius 2 is 1.79 bits per heavy atom. The summed E-state index contributed by atoms with van der Waals surface area (Å²) >= 11 is 6.41. The Balaban J connectivity index is 1.74. The molecule has 1 aliphatic rings. The van der Waals surface area contributed by atoms with Crippen LogP contribution in [0.5, 0.6) is 5.75 Å². The number of amides is 1. The number of anilines is 2. The van der Waals surface area contributed by atoms with Crippen molar-refractivity contribution in [2.24, 2.45) is 0 Å². The first-order valence-corrected chi connectivity index (χ1v) is 13.1. The summed E-state index contributed by atoms with van der Waals surface area (Å²) in [5.74, 6) is -1.57. The van der Waals surface area contributed by atoms with E-state index in [2.05, 4.69) is 28.7 Å². The third kappa shape index (κ3) is 4.51. The average Bonchev–Trinajstić information content (AvgIpc) is 3.47. The molecule has 4 aromatic rings. The van der Waals surface area contributed by atoms with Gasteiger partial charge in [0.25, 0.3) is 5.78 Å². The highest BCUT2D eigenvalue weighted by atomic mass is 35.5. The van der Waals surface area contributed by atoms with Gasteiger partial charge in [-0.1, -0.05) is 35.9 Å². The molecule has 1 saturated heterocycles. The number of aliphatic hydroxyl groups excluding tert-OH is 1. The summed E-state index contributed by atoms with van der Waals surface area (Å²) < 4.78 is 5.47. The van der Waals surface area contributed by atoms with Gasteiger partial charge in [-0.15, -0.1) is 0 Å². The highest BCUT2D eigenvalue weighted by molar-refractivity contribution is 6.51. The van der Waals surface area contributed by atoms with Crippen LogP contribution in [-0.4, -0.2) is 47.0 Å². The number of aromatic nitrogens is 2. The van der Waals surface area contributed by atoms with Gasteiger partial charge in [0.2, 0.25) is 5.95 Å². The molecule has 2 heterocycles. The number of imidazole rings is 1. The molecular formula is C30H29ClN4O4. The Morgan fingerprint density at radius 3 is 2.44 bits per heavy atom. The second kappa shape index (κ2) is 10.5. The SMILES string of the molecule is CCN(CC)c1ccc(C2/C(=C(\O)c3cc(C)cc(Cl)c3OC)C(=O)C(=O)N2c2nc3ccccc3[nH]2)cc1. The number of halogens is 1. The summed E-state index contributed by atoms with van der Waals surface area (Å²) in [6, 6.07) is 17.4. The monoisotopic (exact) mass is 544 g/mol. The predicted octanol–water partition coefficient (Wildman–Crippen LogP) is 6.01. The lowest BCUT2D eigenvalue weighted by Gasteiger charge is -2.25. The first-order chi connectivity index (χ1) is 18.8. The molecule has 1 aromatic heterocycles. The van der Waals surface area contributed by atoms with Gasteiger partial charge in [-0.05, 0) is 68.3 Å². The number of aryl methyl sites for hydroxylation is 1. The number of carbonyl (C=O) groups is 2. The first kappa shape index (κ1) is 26.3. The fourth-order valence-corrected chi connectivity index (χ4v) is 5.48. The van der Waals surface area contributed by atoms with E-state index in [1.807, 2.05) is 55.5 Å². The molecule has 1 amide bonds. The zero-order chi connectivity index (χ0) is 27.8. The van der Waals surface area contributed by atoms with Crippen LogP contribution in [-0.2, 0) is 9.59 Å². The van der Waals surface area contributed by atoms with Crippen LogP contribution in [0.3, 0.4) is 0 Å². The lowest BCUT2D eigenvalue weighted by atomic mass is 9.94. The Morgan fingerprint density at radius 1 is 1.10 bits per heavy atom. The average molecular weight is 545 g/mol. The van der Waals surface area contributed by atoms with Crippen molar-refractivity contribution in [1.82, 2.24) is 9.97 Å². The van der Waals surface area contributed by atoms with Gasteiger partial charge in [0, 0.05) is 18.8 Å². The molecule has 2 N–H and O–H groups in total. The normalized spacial score (nSPS) is 16.7. The molecule has 0 saturated carbocycles. The molecule has 1 unspecified atom stereocenters. The molecule has 0 radical (unpaired) electrons. The van der Waals surface area contributed by atoms with Gasteiger partial charge in [-0.2, -0.15) is 0 Å². The Bertz CT molecular complexity index is 1570. The summed E-state index contributed by atoms with van der Waals surface area (Å²) in [4.78, 5) is 38.4. The van der Waals surface area contributed by atoms with E-state index in [-0.39, 0.29) is 33.6 Å². The van der Waals surface area contributed by atoms with Crippen molar-refractivity contribution in [2.75, 3.05) is 30.0 Å². The number of rotatable bonds is 7. The molecule has 0 spiro atoms. The number of hydrogen-bond acceptors (Lipinski definition) is 6. The quantitative estimate of drug-likeness (QED) is 0.168. The van der Waals surface area contributed by atoms with Crippen molar-refractivity contribution >= 4 is 51.7 Å². The van der Waals surface area contributed by atoms with Gasteiger partial charge in [-0.25, -0.2) is 4.98 Å². The number of ether oxygens (including phenoxy) is 1. The number of fused-ring (bicyclic) bond motifs is 1. The highest BCUT2D eigenvalue weighted by Crippen LogP contribution is 2.44. The van der Waals surface area contributed by atoms with Gasteiger partial charge in [0.15, 0.2) is 0 Å². The minimum atomic E-state index is -0.944.